The molecule has 1 aromatic carbocycles. The number of dihydropyridines is 1. The zero-order valence-corrected chi connectivity index (χ0v) is 14.9. The van der Waals surface area contributed by atoms with E-state index in [9.17, 15) is 24.3 Å². The van der Waals surface area contributed by atoms with Gasteiger partial charge in [0, 0.05) is 17.8 Å². The highest BCUT2D eigenvalue weighted by Gasteiger charge is 2.48. The lowest BCUT2D eigenvalue weighted by molar-refractivity contribution is -0.384. The lowest BCUT2D eigenvalue weighted by atomic mass is 9.86. The third-order valence-electron chi connectivity index (χ3n) is 4.23. The van der Waals surface area contributed by atoms with Gasteiger partial charge in [-0.3, -0.25) is 10.1 Å². The molecule has 2 unspecified atom stereocenters. The summed E-state index contributed by atoms with van der Waals surface area (Å²) in [6.07, 6.45) is -0.0270. The molecule has 136 valence electrons. The van der Waals surface area contributed by atoms with E-state index in [-0.39, 0.29) is 29.2 Å². The van der Waals surface area contributed by atoms with Crippen molar-refractivity contribution in [2.75, 3.05) is 6.61 Å². The number of non-ortho nitro benzene ring substituents is 1. The zero-order valence-electron chi connectivity index (χ0n) is 14.1. The maximum atomic E-state index is 12.5. The Labute approximate surface area is 152 Å². The van der Waals surface area contributed by atoms with Crippen LogP contribution in [0.5, 0.6) is 0 Å². The van der Waals surface area contributed by atoms with E-state index in [4.69, 9.17) is 4.74 Å². The molecule has 0 saturated carbocycles. The Hall–Kier alpha value is -2.65. The predicted octanol–water partition coefficient (Wildman–Crippen LogP) is 2.01. The molecule has 1 aromatic rings. The number of allylic oxidation sites excluding steroid dienone is 3. The average molecular weight is 376 g/mol. The molecule has 0 bridgehead atoms. The van der Waals surface area contributed by atoms with Crippen LogP contribution in [-0.2, 0) is 25.5 Å². The number of nitrogens with one attached hydrogen (secondary N) is 1. The van der Waals surface area contributed by atoms with Gasteiger partial charge in [-0.25, -0.2) is 9.59 Å². The van der Waals surface area contributed by atoms with Crippen LogP contribution in [0.25, 0.3) is 0 Å². The van der Waals surface area contributed by atoms with Crippen LogP contribution in [0.1, 0.15) is 31.7 Å². The van der Waals surface area contributed by atoms with E-state index in [1.807, 2.05) is 0 Å². The number of nitrogens with zero attached hydrogens (tertiary/aromatic N) is 1. The second kappa shape index (κ2) is 6.93. The van der Waals surface area contributed by atoms with E-state index in [0.717, 1.165) is 0 Å². The summed E-state index contributed by atoms with van der Waals surface area (Å²) in [4.78, 5) is 35.4. The molecule has 9 heteroatoms. The first-order chi connectivity index (χ1) is 12.3. The monoisotopic (exact) mass is 376 g/mol. The zero-order chi connectivity index (χ0) is 19.0. The van der Waals surface area contributed by atoms with Gasteiger partial charge in [-0.15, -0.1) is 0 Å². The number of ether oxygens (including phenoxy) is 1. The van der Waals surface area contributed by atoms with Crippen LogP contribution in [0.15, 0.2) is 46.1 Å². The van der Waals surface area contributed by atoms with Crippen LogP contribution >= 0.6 is 0 Å². The van der Waals surface area contributed by atoms with E-state index < -0.39 is 33.1 Å². The second-order valence-corrected chi connectivity index (χ2v) is 7.26. The molecule has 0 radical (unpaired) electrons. The van der Waals surface area contributed by atoms with Crippen molar-refractivity contribution >= 4 is 27.9 Å². The summed E-state index contributed by atoms with van der Waals surface area (Å²) in [6, 6.07) is 5.76. The standard InChI is InChI=1S/C17H16N2O6S/c1-3-25-17(21)14-9(2)18-12-8-13(20)26(24)16(12)15(14)10-5-4-6-11(7-10)19(22)23/h4-7,15,18H,3,8H2,1-2H3. The smallest absolute Gasteiger partial charge is 0.340 e. The largest absolute Gasteiger partial charge is 0.604 e. The Morgan fingerprint density at radius 2 is 2.19 bits per heavy atom. The van der Waals surface area contributed by atoms with Crippen LogP contribution in [0.3, 0.4) is 0 Å². The quantitative estimate of drug-likeness (QED) is 0.369. The van der Waals surface area contributed by atoms with E-state index in [1.54, 1.807) is 19.9 Å². The number of hydrogen-bond donors (Lipinski definition) is 1. The average Bonchev–Trinajstić information content (AvgIpc) is 2.87. The van der Waals surface area contributed by atoms with Crippen molar-refractivity contribution in [2.24, 2.45) is 0 Å². The molecule has 2 heterocycles. The Morgan fingerprint density at radius 3 is 2.85 bits per heavy atom. The molecule has 0 aliphatic carbocycles. The minimum Gasteiger partial charge on any atom is -0.604 e. The van der Waals surface area contributed by atoms with Gasteiger partial charge in [0.15, 0.2) is 4.91 Å². The van der Waals surface area contributed by atoms with Gasteiger partial charge >= 0.3 is 11.1 Å². The highest BCUT2D eigenvalue weighted by atomic mass is 32.2. The van der Waals surface area contributed by atoms with Crippen LogP contribution in [0.2, 0.25) is 0 Å². The summed E-state index contributed by atoms with van der Waals surface area (Å²) >= 11 is -1.92. The van der Waals surface area contributed by atoms with Crippen molar-refractivity contribution in [2.45, 2.75) is 26.2 Å². The second-order valence-electron chi connectivity index (χ2n) is 5.83. The number of nitro groups is 1. The van der Waals surface area contributed by atoms with Gasteiger partial charge in [0.1, 0.15) is 6.42 Å². The number of carbonyl (C=O) groups is 2. The van der Waals surface area contributed by atoms with E-state index in [0.29, 0.717) is 17.0 Å². The van der Waals surface area contributed by atoms with E-state index >= 15 is 0 Å². The fraction of sp³-hybridized carbons (Fsp3) is 0.294. The molecule has 2 aliphatic rings. The molecule has 26 heavy (non-hydrogen) atoms. The molecular formula is C17H16N2O6S. The molecule has 0 spiro atoms. The SMILES string of the molecule is CCOC(=O)C1=C(C)NC2=C(C1c1cccc([N+](=O)[O-])c1)[S+]([O-])C(=O)C2. The first-order valence-electron chi connectivity index (χ1n) is 7.92. The van der Waals surface area contributed by atoms with Crippen LogP contribution in [0, 0.1) is 10.1 Å². The molecule has 0 fully saturated rings. The number of benzene rings is 1. The molecule has 0 saturated heterocycles. The Kier molecular flexibility index (Phi) is 4.84. The summed E-state index contributed by atoms with van der Waals surface area (Å²) in [7, 11) is 0. The molecule has 3 rings (SSSR count). The molecule has 1 N–H and O–H groups in total. The van der Waals surface area contributed by atoms with Gasteiger partial charge in [0.05, 0.1) is 39.9 Å². The Morgan fingerprint density at radius 1 is 1.46 bits per heavy atom. The minimum absolute atomic E-state index is 0.0270. The van der Waals surface area contributed by atoms with Crippen molar-refractivity contribution in [1.29, 1.82) is 0 Å². The maximum absolute atomic E-state index is 12.5. The molecular weight excluding hydrogens is 360 g/mol. The Bertz CT molecular complexity index is 876. The Balaban J connectivity index is 2.18. The number of hydrogen-bond acceptors (Lipinski definition) is 7. The summed E-state index contributed by atoms with van der Waals surface area (Å²) in [5.41, 5.74) is 1.42. The fourth-order valence-corrected chi connectivity index (χ4v) is 4.51. The van der Waals surface area contributed by atoms with Gasteiger partial charge in [-0.1, -0.05) is 12.1 Å². The molecule has 2 aliphatic heterocycles. The predicted molar refractivity (Wildman–Crippen MR) is 93.1 cm³/mol. The lowest BCUT2D eigenvalue weighted by Gasteiger charge is -2.27. The lowest BCUT2D eigenvalue weighted by Crippen LogP contribution is -2.30. The van der Waals surface area contributed by atoms with Crippen LogP contribution in [0.4, 0.5) is 5.69 Å². The van der Waals surface area contributed by atoms with Crippen LogP contribution < -0.4 is 5.32 Å². The summed E-state index contributed by atoms with van der Waals surface area (Å²) in [6.45, 7) is 3.46. The number of carbonyl (C=O) groups excluding carboxylic acids is 2. The van der Waals surface area contributed by atoms with Gasteiger partial charge in [-0.05, 0) is 19.4 Å². The first-order valence-corrected chi connectivity index (χ1v) is 9.07. The van der Waals surface area contributed by atoms with Crippen molar-refractivity contribution in [3.05, 3.63) is 61.8 Å². The molecule has 0 amide bonds. The first kappa shape index (κ1) is 18.2. The highest BCUT2D eigenvalue weighted by Crippen LogP contribution is 2.46. The fourth-order valence-electron chi connectivity index (χ4n) is 3.18. The maximum Gasteiger partial charge on any atom is 0.340 e. The van der Waals surface area contributed by atoms with Gasteiger partial charge in [-0.2, -0.15) is 0 Å². The summed E-state index contributed by atoms with van der Waals surface area (Å²) < 4.78 is 17.6. The minimum atomic E-state index is -1.92. The topological polar surface area (TPSA) is 122 Å². The van der Waals surface area contributed by atoms with Gasteiger partial charge in [0.2, 0.25) is 0 Å². The summed E-state index contributed by atoms with van der Waals surface area (Å²) in [5.74, 6) is -1.45. The van der Waals surface area contributed by atoms with Crippen LogP contribution in [-0.4, -0.2) is 27.2 Å². The van der Waals surface area contributed by atoms with Crippen molar-refractivity contribution in [3.63, 3.8) is 0 Å². The van der Waals surface area contributed by atoms with Gasteiger partial charge in [0.25, 0.3) is 5.69 Å². The molecule has 8 nitrogen and oxygen atoms in total. The van der Waals surface area contributed by atoms with Crippen molar-refractivity contribution in [3.8, 4) is 0 Å². The van der Waals surface area contributed by atoms with Crippen molar-refractivity contribution < 1.29 is 23.8 Å². The normalized spacial score (nSPS) is 22.2. The third-order valence-corrected chi connectivity index (χ3v) is 5.67. The molecule has 2 atom stereocenters. The highest BCUT2D eigenvalue weighted by molar-refractivity contribution is 8.09. The number of esters is 1. The summed E-state index contributed by atoms with van der Waals surface area (Å²) in [5, 5.41) is 13.6. The third kappa shape index (κ3) is 2.99. The van der Waals surface area contributed by atoms with E-state index in [2.05, 4.69) is 5.32 Å². The molecule has 0 aromatic heterocycles. The van der Waals surface area contributed by atoms with Crippen molar-refractivity contribution in [1.82, 2.24) is 5.32 Å². The van der Waals surface area contributed by atoms with E-state index in [1.165, 1.54) is 18.2 Å². The van der Waals surface area contributed by atoms with Gasteiger partial charge < -0.3 is 14.6 Å². The number of rotatable bonds is 4. The number of nitro benzene ring substituents is 1.